The minimum absolute atomic E-state index is 0.778. The van der Waals surface area contributed by atoms with Gasteiger partial charge in [0.15, 0.2) is 5.65 Å². The Balaban J connectivity index is 2.22. The van der Waals surface area contributed by atoms with E-state index in [0.717, 1.165) is 35.8 Å². The van der Waals surface area contributed by atoms with E-state index in [0.29, 0.717) is 0 Å². The molecule has 0 bridgehead atoms. The summed E-state index contributed by atoms with van der Waals surface area (Å²) in [7, 11) is 5.97. The third-order valence-electron chi connectivity index (χ3n) is 2.45. The van der Waals surface area contributed by atoms with E-state index >= 15 is 0 Å². The van der Waals surface area contributed by atoms with Gasteiger partial charge in [-0.05, 0) is 26.2 Å². The Morgan fingerprint density at radius 1 is 1.31 bits per heavy atom. The van der Waals surface area contributed by atoms with Crippen molar-refractivity contribution in [2.75, 3.05) is 33.0 Å². The van der Waals surface area contributed by atoms with E-state index < -0.39 is 0 Å². The number of likely N-dealkylation sites (N-methyl/N-ethyl adjacent to an activating group) is 1. The van der Waals surface area contributed by atoms with E-state index in [9.17, 15) is 0 Å². The van der Waals surface area contributed by atoms with E-state index in [2.05, 4.69) is 39.3 Å². The average Bonchev–Trinajstić information content (AvgIpc) is 2.67. The smallest absolute Gasteiger partial charge is 0.179 e. The summed E-state index contributed by atoms with van der Waals surface area (Å²) in [5, 5.41) is 3.01. The standard InChI is InChI=1S/C11H17N5/c1-12-9-5-4-8-11(14-9)15-10(13-8)6-7-16(2)3/h4-5H,6-7H2,1-3H3,(H2,12,13,14,15). The molecule has 86 valence electrons. The van der Waals surface area contributed by atoms with Crippen LogP contribution in [0.2, 0.25) is 0 Å². The summed E-state index contributed by atoms with van der Waals surface area (Å²) in [6.07, 6.45) is 0.915. The van der Waals surface area contributed by atoms with Crippen molar-refractivity contribution in [3.8, 4) is 0 Å². The van der Waals surface area contributed by atoms with Gasteiger partial charge >= 0.3 is 0 Å². The largest absolute Gasteiger partial charge is 0.373 e. The Labute approximate surface area is 94.9 Å². The van der Waals surface area contributed by atoms with E-state index in [1.165, 1.54) is 0 Å². The molecule has 2 heterocycles. The molecule has 0 aliphatic carbocycles. The Bertz CT molecular complexity index is 474. The molecule has 0 amide bonds. The third-order valence-corrected chi connectivity index (χ3v) is 2.45. The molecule has 2 aromatic rings. The number of hydrogen-bond acceptors (Lipinski definition) is 4. The number of hydrogen-bond donors (Lipinski definition) is 2. The molecule has 5 nitrogen and oxygen atoms in total. The molecule has 0 radical (unpaired) electrons. The molecule has 2 rings (SSSR count). The Hall–Kier alpha value is -1.62. The van der Waals surface area contributed by atoms with Gasteiger partial charge in [0, 0.05) is 20.0 Å². The van der Waals surface area contributed by atoms with Crippen LogP contribution in [0, 0.1) is 0 Å². The van der Waals surface area contributed by atoms with Crippen molar-refractivity contribution in [1.82, 2.24) is 19.9 Å². The maximum absolute atomic E-state index is 4.46. The van der Waals surface area contributed by atoms with Gasteiger partial charge in [0.25, 0.3) is 0 Å². The van der Waals surface area contributed by atoms with Crippen LogP contribution in [0.5, 0.6) is 0 Å². The maximum Gasteiger partial charge on any atom is 0.179 e. The first-order valence-corrected chi connectivity index (χ1v) is 5.37. The third kappa shape index (κ3) is 2.30. The zero-order chi connectivity index (χ0) is 11.5. The minimum atomic E-state index is 0.778. The first-order valence-electron chi connectivity index (χ1n) is 5.37. The normalized spacial score (nSPS) is 11.2. The molecule has 0 aliphatic heterocycles. The van der Waals surface area contributed by atoms with Gasteiger partial charge in [-0.25, -0.2) is 9.97 Å². The number of nitrogens with one attached hydrogen (secondary N) is 2. The van der Waals surface area contributed by atoms with Crippen molar-refractivity contribution >= 4 is 17.0 Å². The molecule has 0 saturated heterocycles. The molecule has 0 aliphatic rings. The van der Waals surface area contributed by atoms with Crippen LogP contribution in [0.1, 0.15) is 5.82 Å². The first-order chi connectivity index (χ1) is 7.69. The SMILES string of the molecule is CNc1ccc2[nH]c(CCN(C)C)nc2n1. The fourth-order valence-corrected chi connectivity index (χ4v) is 1.53. The Morgan fingerprint density at radius 3 is 2.81 bits per heavy atom. The molecule has 5 heteroatoms. The number of fused-ring (bicyclic) bond motifs is 1. The van der Waals surface area contributed by atoms with Crippen molar-refractivity contribution < 1.29 is 0 Å². The van der Waals surface area contributed by atoms with Crippen molar-refractivity contribution in [2.45, 2.75) is 6.42 Å². The summed E-state index contributed by atoms with van der Waals surface area (Å²) in [6.45, 7) is 0.985. The van der Waals surface area contributed by atoms with Crippen LogP contribution in [0.4, 0.5) is 5.82 Å². The van der Waals surface area contributed by atoms with Crippen LogP contribution in [0.3, 0.4) is 0 Å². The monoisotopic (exact) mass is 219 g/mol. The fourth-order valence-electron chi connectivity index (χ4n) is 1.53. The second kappa shape index (κ2) is 4.49. The van der Waals surface area contributed by atoms with Crippen LogP contribution >= 0.6 is 0 Å². The summed E-state index contributed by atoms with van der Waals surface area (Å²) in [5.41, 5.74) is 1.77. The molecular formula is C11H17N5. The second-order valence-corrected chi connectivity index (χ2v) is 4.05. The zero-order valence-corrected chi connectivity index (χ0v) is 9.91. The molecule has 2 aromatic heterocycles. The van der Waals surface area contributed by atoms with Crippen LogP contribution < -0.4 is 5.32 Å². The molecule has 0 saturated carbocycles. The summed E-state index contributed by atoms with van der Waals surface area (Å²) in [4.78, 5) is 14.2. The van der Waals surface area contributed by atoms with Crippen LogP contribution in [0.15, 0.2) is 12.1 Å². The number of imidazole rings is 1. The molecular weight excluding hydrogens is 202 g/mol. The summed E-state index contributed by atoms with van der Waals surface area (Å²) < 4.78 is 0. The quantitative estimate of drug-likeness (QED) is 0.808. The maximum atomic E-state index is 4.46. The minimum Gasteiger partial charge on any atom is -0.373 e. The van der Waals surface area contributed by atoms with Gasteiger partial charge in [-0.2, -0.15) is 0 Å². The molecule has 0 spiro atoms. The van der Waals surface area contributed by atoms with E-state index in [-0.39, 0.29) is 0 Å². The molecule has 16 heavy (non-hydrogen) atoms. The number of aromatic nitrogens is 3. The van der Waals surface area contributed by atoms with Crippen molar-refractivity contribution in [2.24, 2.45) is 0 Å². The molecule has 0 fully saturated rings. The lowest BCUT2D eigenvalue weighted by Gasteiger charge is -2.06. The number of rotatable bonds is 4. The van der Waals surface area contributed by atoms with E-state index in [1.54, 1.807) is 0 Å². The zero-order valence-electron chi connectivity index (χ0n) is 9.91. The lowest BCUT2D eigenvalue weighted by Crippen LogP contribution is -2.15. The highest BCUT2D eigenvalue weighted by Crippen LogP contribution is 2.12. The van der Waals surface area contributed by atoms with Crippen molar-refractivity contribution in [3.63, 3.8) is 0 Å². The van der Waals surface area contributed by atoms with Gasteiger partial charge in [0.05, 0.1) is 5.52 Å². The molecule has 0 atom stereocenters. The van der Waals surface area contributed by atoms with Gasteiger partial charge < -0.3 is 15.2 Å². The van der Waals surface area contributed by atoms with Crippen LogP contribution in [0.25, 0.3) is 11.2 Å². The molecule has 0 unspecified atom stereocenters. The number of H-pyrrole nitrogens is 1. The molecule has 2 N–H and O–H groups in total. The van der Waals surface area contributed by atoms with Gasteiger partial charge in [-0.3, -0.25) is 0 Å². The van der Waals surface area contributed by atoms with Crippen LogP contribution in [-0.4, -0.2) is 47.5 Å². The van der Waals surface area contributed by atoms with Crippen molar-refractivity contribution in [1.29, 1.82) is 0 Å². The predicted molar refractivity (Wildman–Crippen MR) is 65.7 cm³/mol. The number of anilines is 1. The lowest BCUT2D eigenvalue weighted by atomic mass is 10.4. The van der Waals surface area contributed by atoms with Gasteiger partial charge in [-0.15, -0.1) is 0 Å². The van der Waals surface area contributed by atoms with Gasteiger partial charge in [0.1, 0.15) is 11.6 Å². The molecule has 0 aromatic carbocycles. The van der Waals surface area contributed by atoms with Crippen LogP contribution in [-0.2, 0) is 6.42 Å². The number of pyridine rings is 1. The highest BCUT2D eigenvalue weighted by atomic mass is 15.1. The Morgan fingerprint density at radius 2 is 2.12 bits per heavy atom. The fraction of sp³-hybridized carbons (Fsp3) is 0.455. The summed E-state index contributed by atoms with van der Waals surface area (Å²) >= 11 is 0. The highest BCUT2D eigenvalue weighted by molar-refractivity contribution is 5.72. The van der Waals surface area contributed by atoms with Gasteiger partial charge in [-0.1, -0.05) is 0 Å². The van der Waals surface area contributed by atoms with E-state index in [4.69, 9.17) is 0 Å². The summed E-state index contributed by atoms with van der Waals surface area (Å²) in [5.74, 6) is 1.84. The van der Waals surface area contributed by atoms with Crippen molar-refractivity contribution in [3.05, 3.63) is 18.0 Å². The highest BCUT2D eigenvalue weighted by Gasteiger charge is 2.04. The average molecular weight is 219 g/mol. The van der Waals surface area contributed by atoms with E-state index in [1.807, 2.05) is 19.2 Å². The topological polar surface area (TPSA) is 56.8 Å². The predicted octanol–water partition coefficient (Wildman–Crippen LogP) is 1.10. The lowest BCUT2D eigenvalue weighted by molar-refractivity contribution is 0.410. The second-order valence-electron chi connectivity index (χ2n) is 4.05. The summed E-state index contributed by atoms with van der Waals surface area (Å²) in [6, 6.07) is 3.94. The Kier molecular flexibility index (Phi) is 3.05. The van der Waals surface area contributed by atoms with Gasteiger partial charge in [0.2, 0.25) is 0 Å². The number of aromatic amines is 1. The number of nitrogens with zero attached hydrogens (tertiary/aromatic N) is 3. The first kappa shape index (κ1) is 10.9.